The fraction of sp³-hybridized carbons (Fsp3) is 0.250. The van der Waals surface area contributed by atoms with Crippen LogP contribution in [0.4, 0.5) is 0 Å². The van der Waals surface area contributed by atoms with Crippen LogP contribution < -0.4 is 5.43 Å². The molecule has 0 aliphatic rings. The van der Waals surface area contributed by atoms with E-state index < -0.39 is 0 Å². The van der Waals surface area contributed by atoms with Crippen LogP contribution in [-0.4, -0.2) is 19.9 Å². The number of H-pyrrole nitrogens is 1. The molecule has 0 radical (unpaired) electrons. The van der Waals surface area contributed by atoms with Crippen molar-refractivity contribution < 1.29 is 0 Å². The second kappa shape index (κ2) is 7.33. The Balaban J connectivity index is 1.92. The van der Waals surface area contributed by atoms with Gasteiger partial charge in [0, 0.05) is 29.0 Å². The average molecular weight is 419 g/mol. The lowest BCUT2D eigenvalue weighted by Crippen LogP contribution is -2.12. The zero-order valence-corrected chi connectivity index (χ0v) is 18.4. The molecule has 3 aromatic heterocycles. The second-order valence-corrected chi connectivity index (χ2v) is 8.92. The first-order valence-corrected chi connectivity index (χ1v) is 10.2. The Morgan fingerprint density at radius 3 is 2.43 bits per heavy atom. The Kier molecular flexibility index (Phi) is 4.94. The van der Waals surface area contributed by atoms with Crippen molar-refractivity contribution in [1.29, 1.82) is 0 Å². The van der Waals surface area contributed by atoms with E-state index >= 15 is 0 Å². The van der Waals surface area contributed by atoms with Crippen LogP contribution in [0, 0.1) is 13.8 Å². The number of nitrogens with zero attached hydrogens (tertiary/aromatic N) is 3. The maximum Gasteiger partial charge on any atom is 0.192 e. The van der Waals surface area contributed by atoms with Crippen LogP contribution in [0.25, 0.3) is 33.5 Å². The molecule has 0 saturated carbocycles. The number of hydrogen-bond donors (Lipinski definition) is 1. The molecule has 4 rings (SSSR count). The molecule has 0 atom stereocenters. The number of benzene rings is 1. The minimum Gasteiger partial charge on any atom is -0.354 e. The van der Waals surface area contributed by atoms with Crippen LogP contribution >= 0.6 is 11.6 Å². The van der Waals surface area contributed by atoms with Gasteiger partial charge in [-0.3, -0.25) is 9.78 Å². The summed E-state index contributed by atoms with van der Waals surface area (Å²) in [4.78, 5) is 29.5. The van der Waals surface area contributed by atoms with E-state index in [9.17, 15) is 4.79 Å². The number of pyridine rings is 2. The summed E-state index contributed by atoms with van der Waals surface area (Å²) in [6, 6.07) is 9.21. The first-order valence-electron chi connectivity index (χ1n) is 9.78. The van der Waals surface area contributed by atoms with Gasteiger partial charge in [0.2, 0.25) is 0 Å². The second-order valence-electron chi connectivity index (χ2n) is 8.52. The Morgan fingerprint density at radius 1 is 1.00 bits per heavy atom. The molecule has 4 aromatic rings. The molecule has 0 aliphatic carbocycles. The van der Waals surface area contributed by atoms with Gasteiger partial charge in [-0.25, -0.2) is 9.97 Å². The van der Waals surface area contributed by atoms with Crippen molar-refractivity contribution in [3.05, 3.63) is 74.9 Å². The molecule has 30 heavy (non-hydrogen) atoms. The van der Waals surface area contributed by atoms with Gasteiger partial charge in [0.25, 0.3) is 0 Å². The first kappa shape index (κ1) is 20.2. The van der Waals surface area contributed by atoms with E-state index in [4.69, 9.17) is 11.6 Å². The third-order valence-electron chi connectivity index (χ3n) is 5.17. The SMILES string of the molecule is Cc1nccc(-c2nccc3[nH]c(-c4cc(Cl)c(C(C)(C)C)cc4C)cc(=O)c23)n1. The van der Waals surface area contributed by atoms with E-state index in [1.807, 2.05) is 19.9 Å². The lowest BCUT2D eigenvalue weighted by molar-refractivity contribution is 0.590. The first-order chi connectivity index (χ1) is 14.1. The Labute approximate surface area is 180 Å². The quantitative estimate of drug-likeness (QED) is 0.459. The number of hydrogen-bond acceptors (Lipinski definition) is 4. The summed E-state index contributed by atoms with van der Waals surface area (Å²) < 4.78 is 0. The van der Waals surface area contributed by atoms with E-state index in [1.165, 1.54) is 0 Å². The summed E-state index contributed by atoms with van der Waals surface area (Å²) >= 11 is 6.60. The molecule has 1 N–H and O–H groups in total. The summed E-state index contributed by atoms with van der Waals surface area (Å²) in [7, 11) is 0. The molecule has 0 bridgehead atoms. The lowest BCUT2D eigenvalue weighted by atomic mass is 9.85. The molecular weight excluding hydrogens is 396 g/mol. The molecule has 3 heterocycles. The zero-order valence-electron chi connectivity index (χ0n) is 17.7. The van der Waals surface area contributed by atoms with Gasteiger partial charge in [-0.15, -0.1) is 0 Å². The molecule has 0 spiro atoms. The third-order valence-corrected chi connectivity index (χ3v) is 5.49. The monoisotopic (exact) mass is 418 g/mol. The predicted molar refractivity (Wildman–Crippen MR) is 122 cm³/mol. The molecule has 1 aromatic carbocycles. The van der Waals surface area contributed by atoms with Gasteiger partial charge >= 0.3 is 0 Å². The van der Waals surface area contributed by atoms with Crippen molar-refractivity contribution in [3.8, 4) is 22.6 Å². The molecular formula is C24H23ClN4O. The molecule has 0 unspecified atom stereocenters. The van der Waals surface area contributed by atoms with E-state index in [0.29, 0.717) is 33.1 Å². The smallest absolute Gasteiger partial charge is 0.192 e. The third kappa shape index (κ3) is 3.61. The van der Waals surface area contributed by atoms with Crippen molar-refractivity contribution in [2.75, 3.05) is 0 Å². The molecule has 0 fully saturated rings. The van der Waals surface area contributed by atoms with E-state index in [2.05, 4.69) is 46.8 Å². The molecule has 0 saturated heterocycles. The van der Waals surface area contributed by atoms with Gasteiger partial charge < -0.3 is 4.98 Å². The van der Waals surface area contributed by atoms with Gasteiger partial charge in [0.1, 0.15) is 11.5 Å². The van der Waals surface area contributed by atoms with Crippen molar-refractivity contribution >= 4 is 22.5 Å². The number of aromatic nitrogens is 4. The number of rotatable bonds is 2. The van der Waals surface area contributed by atoms with Crippen LogP contribution in [0.2, 0.25) is 5.02 Å². The average Bonchev–Trinajstić information content (AvgIpc) is 2.68. The minimum atomic E-state index is -0.117. The molecule has 6 heteroatoms. The largest absolute Gasteiger partial charge is 0.354 e. The number of halogens is 1. The van der Waals surface area contributed by atoms with E-state index in [-0.39, 0.29) is 10.8 Å². The fourth-order valence-corrected chi connectivity index (χ4v) is 4.12. The van der Waals surface area contributed by atoms with Crippen LogP contribution in [0.1, 0.15) is 37.7 Å². The van der Waals surface area contributed by atoms with E-state index in [1.54, 1.807) is 30.6 Å². The van der Waals surface area contributed by atoms with Crippen molar-refractivity contribution in [2.24, 2.45) is 0 Å². The summed E-state index contributed by atoms with van der Waals surface area (Å²) in [5, 5.41) is 1.20. The van der Waals surface area contributed by atoms with Crippen molar-refractivity contribution in [2.45, 2.75) is 40.0 Å². The van der Waals surface area contributed by atoms with Crippen molar-refractivity contribution in [1.82, 2.24) is 19.9 Å². The molecule has 0 aliphatic heterocycles. The number of fused-ring (bicyclic) bond motifs is 1. The summed E-state index contributed by atoms with van der Waals surface area (Å²) in [6.07, 6.45) is 3.35. The van der Waals surface area contributed by atoms with Gasteiger partial charge in [-0.1, -0.05) is 38.4 Å². The lowest BCUT2D eigenvalue weighted by Gasteiger charge is -2.22. The Bertz CT molecular complexity index is 1340. The van der Waals surface area contributed by atoms with Crippen LogP contribution in [-0.2, 0) is 5.41 Å². The van der Waals surface area contributed by atoms with Crippen LogP contribution in [0.3, 0.4) is 0 Å². The summed E-state index contributed by atoms with van der Waals surface area (Å²) in [6.45, 7) is 10.2. The highest BCUT2D eigenvalue weighted by Crippen LogP contribution is 2.35. The van der Waals surface area contributed by atoms with Crippen molar-refractivity contribution in [3.63, 3.8) is 0 Å². The minimum absolute atomic E-state index is 0.0621. The number of aryl methyl sites for hydroxylation is 2. The van der Waals surface area contributed by atoms with Crippen LogP contribution in [0.5, 0.6) is 0 Å². The van der Waals surface area contributed by atoms with Crippen LogP contribution in [0.15, 0.2) is 47.5 Å². The fourth-order valence-electron chi connectivity index (χ4n) is 3.67. The van der Waals surface area contributed by atoms with Gasteiger partial charge in [-0.05, 0) is 48.6 Å². The summed E-state index contributed by atoms with van der Waals surface area (Å²) in [5.74, 6) is 0.628. The molecule has 0 amide bonds. The highest BCUT2D eigenvalue weighted by Gasteiger charge is 2.20. The Morgan fingerprint density at radius 2 is 1.73 bits per heavy atom. The highest BCUT2D eigenvalue weighted by atomic mass is 35.5. The Hall–Kier alpha value is -3.05. The topological polar surface area (TPSA) is 71.5 Å². The summed E-state index contributed by atoms with van der Waals surface area (Å²) in [5.41, 5.74) is 5.46. The van der Waals surface area contributed by atoms with E-state index in [0.717, 1.165) is 22.4 Å². The van der Waals surface area contributed by atoms with Gasteiger partial charge in [0.05, 0.1) is 22.3 Å². The number of aromatic amines is 1. The maximum absolute atomic E-state index is 13.1. The maximum atomic E-state index is 13.1. The van der Waals surface area contributed by atoms with Gasteiger partial charge in [0.15, 0.2) is 5.43 Å². The predicted octanol–water partition coefficient (Wildman–Crippen LogP) is 5.61. The standard InChI is InChI=1S/C24H23ClN4O/c1-13-10-16(24(3,4)5)17(25)11-15(13)20-12-21(30)22-18(29-20)6-9-27-23(22)19-7-8-26-14(2)28-19/h6-12H,1-5H3,(H,29,30). The zero-order chi connectivity index (χ0) is 21.6. The number of nitrogens with one attached hydrogen (secondary N) is 1. The highest BCUT2D eigenvalue weighted by molar-refractivity contribution is 6.31. The molecule has 5 nitrogen and oxygen atoms in total. The van der Waals surface area contributed by atoms with Gasteiger partial charge in [-0.2, -0.15) is 0 Å². The normalized spacial score (nSPS) is 11.8. The molecule has 152 valence electrons.